The van der Waals surface area contributed by atoms with E-state index in [1.165, 1.54) is 0 Å². The third-order valence-corrected chi connectivity index (χ3v) is 6.62. The molecular formula is C25H28N4O4. The van der Waals surface area contributed by atoms with Gasteiger partial charge in [0, 0.05) is 25.1 Å². The van der Waals surface area contributed by atoms with Crippen molar-refractivity contribution in [3.05, 3.63) is 59.2 Å². The normalized spacial score (nSPS) is 21.0. The minimum absolute atomic E-state index is 0.156. The van der Waals surface area contributed by atoms with E-state index in [0.29, 0.717) is 25.1 Å². The average Bonchev–Trinajstić information content (AvgIpc) is 3.16. The average molecular weight is 449 g/mol. The number of nitrogens with zero attached hydrogens (tertiary/aromatic N) is 1. The van der Waals surface area contributed by atoms with E-state index in [9.17, 15) is 14.4 Å². The molecule has 3 amide bonds. The van der Waals surface area contributed by atoms with Crippen LogP contribution in [0.5, 0.6) is 5.75 Å². The summed E-state index contributed by atoms with van der Waals surface area (Å²) < 4.78 is 6.26. The van der Waals surface area contributed by atoms with E-state index < -0.39 is 11.9 Å². The molecule has 0 saturated carbocycles. The van der Waals surface area contributed by atoms with Crippen LogP contribution in [0.3, 0.4) is 0 Å². The topological polar surface area (TPSA) is 99.8 Å². The maximum Gasteiger partial charge on any atom is 0.255 e. The molecule has 172 valence electrons. The molecule has 2 aromatic carbocycles. The highest BCUT2D eigenvalue weighted by atomic mass is 16.5. The van der Waals surface area contributed by atoms with Crippen molar-refractivity contribution in [1.29, 1.82) is 0 Å². The molecular weight excluding hydrogens is 420 g/mol. The molecule has 3 aliphatic rings. The van der Waals surface area contributed by atoms with Crippen molar-refractivity contribution in [2.45, 2.75) is 50.9 Å². The molecule has 3 N–H and O–H groups in total. The van der Waals surface area contributed by atoms with Gasteiger partial charge in [0.05, 0.1) is 5.69 Å². The van der Waals surface area contributed by atoms with Crippen LogP contribution in [0.15, 0.2) is 42.5 Å². The van der Waals surface area contributed by atoms with Crippen molar-refractivity contribution in [3.8, 4) is 5.75 Å². The van der Waals surface area contributed by atoms with Crippen LogP contribution < -0.4 is 20.7 Å². The number of benzene rings is 2. The predicted octanol–water partition coefficient (Wildman–Crippen LogP) is 2.19. The van der Waals surface area contributed by atoms with Crippen LogP contribution in [0.2, 0.25) is 0 Å². The van der Waals surface area contributed by atoms with E-state index >= 15 is 0 Å². The SMILES string of the molecule is O=C1CCC(N2Cc3c(CNc4ccccc4OC4CCNCC4)cccc3C2=O)C(=O)N1. The Balaban J connectivity index is 1.30. The molecule has 2 aromatic rings. The van der Waals surface area contributed by atoms with Gasteiger partial charge in [0.25, 0.3) is 5.91 Å². The standard InChI is InChI=1S/C25H28N4O4/c30-23-9-8-21(24(31)28-23)29-15-19-16(4-3-5-18(19)25(29)32)14-27-20-6-1-2-7-22(20)33-17-10-12-26-13-11-17/h1-7,17,21,26-27H,8-15H2,(H,28,30,31). The van der Waals surface area contributed by atoms with Crippen LogP contribution in [0.1, 0.15) is 47.2 Å². The zero-order valence-electron chi connectivity index (χ0n) is 18.4. The Kier molecular flexibility index (Phi) is 6.00. The van der Waals surface area contributed by atoms with Crippen LogP contribution in [0, 0.1) is 0 Å². The van der Waals surface area contributed by atoms with Gasteiger partial charge in [-0.05, 0) is 61.7 Å². The number of anilines is 1. The molecule has 0 aromatic heterocycles. The van der Waals surface area contributed by atoms with Crippen molar-refractivity contribution >= 4 is 23.4 Å². The number of nitrogens with one attached hydrogen (secondary N) is 3. The summed E-state index contributed by atoms with van der Waals surface area (Å²) in [7, 11) is 0. The lowest BCUT2D eigenvalue weighted by Crippen LogP contribution is -2.52. The second-order valence-corrected chi connectivity index (χ2v) is 8.76. The van der Waals surface area contributed by atoms with Crippen molar-refractivity contribution in [3.63, 3.8) is 0 Å². The molecule has 33 heavy (non-hydrogen) atoms. The Labute approximate surface area is 192 Å². The van der Waals surface area contributed by atoms with Crippen LogP contribution in [-0.2, 0) is 22.7 Å². The number of carbonyl (C=O) groups is 3. The predicted molar refractivity (Wildman–Crippen MR) is 123 cm³/mol. The van der Waals surface area contributed by atoms with Gasteiger partial charge in [-0.1, -0.05) is 24.3 Å². The number of amides is 3. The summed E-state index contributed by atoms with van der Waals surface area (Å²) in [6.45, 7) is 2.83. The summed E-state index contributed by atoms with van der Waals surface area (Å²) in [6.07, 6.45) is 2.78. The number of imide groups is 1. The molecule has 1 atom stereocenters. The lowest BCUT2D eigenvalue weighted by Gasteiger charge is -2.29. The van der Waals surface area contributed by atoms with Gasteiger partial charge in [-0.3, -0.25) is 19.7 Å². The van der Waals surface area contributed by atoms with E-state index in [1.54, 1.807) is 11.0 Å². The first-order valence-electron chi connectivity index (χ1n) is 11.6. The molecule has 0 aliphatic carbocycles. The van der Waals surface area contributed by atoms with Gasteiger partial charge in [-0.2, -0.15) is 0 Å². The summed E-state index contributed by atoms with van der Waals surface area (Å²) in [5, 5.41) is 9.18. The molecule has 8 heteroatoms. The molecule has 3 aliphatic heterocycles. The Bertz CT molecular complexity index is 1080. The zero-order chi connectivity index (χ0) is 22.8. The van der Waals surface area contributed by atoms with E-state index in [0.717, 1.165) is 48.5 Å². The fourth-order valence-corrected chi connectivity index (χ4v) is 4.81. The monoisotopic (exact) mass is 448 g/mol. The highest BCUT2D eigenvalue weighted by molar-refractivity contribution is 6.05. The highest BCUT2D eigenvalue weighted by Gasteiger charge is 2.39. The van der Waals surface area contributed by atoms with Gasteiger partial charge >= 0.3 is 0 Å². The first-order valence-corrected chi connectivity index (χ1v) is 11.6. The Morgan fingerprint density at radius 3 is 2.64 bits per heavy atom. The van der Waals surface area contributed by atoms with E-state index in [4.69, 9.17) is 4.74 Å². The second kappa shape index (κ2) is 9.23. The Morgan fingerprint density at radius 2 is 1.82 bits per heavy atom. The highest BCUT2D eigenvalue weighted by Crippen LogP contribution is 2.32. The quantitative estimate of drug-likeness (QED) is 0.586. The summed E-state index contributed by atoms with van der Waals surface area (Å²) in [6, 6.07) is 13.0. The van der Waals surface area contributed by atoms with Crippen molar-refractivity contribution in [2.24, 2.45) is 0 Å². The van der Waals surface area contributed by atoms with Gasteiger partial charge in [0.15, 0.2) is 0 Å². The van der Waals surface area contributed by atoms with E-state index in [2.05, 4.69) is 16.0 Å². The van der Waals surface area contributed by atoms with Crippen molar-refractivity contribution in [2.75, 3.05) is 18.4 Å². The summed E-state index contributed by atoms with van der Waals surface area (Å²) in [5.41, 5.74) is 3.47. The molecule has 2 fully saturated rings. The fraction of sp³-hybridized carbons (Fsp3) is 0.400. The molecule has 2 saturated heterocycles. The first-order chi connectivity index (χ1) is 16.1. The number of hydrogen-bond acceptors (Lipinski definition) is 6. The van der Waals surface area contributed by atoms with E-state index in [1.807, 2.05) is 36.4 Å². The third kappa shape index (κ3) is 4.43. The number of fused-ring (bicyclic) bond motifs is 1. The van der Waals surface area contributed by atoms with Crippen molar-refractivity contribution < 1.29 is 19.1 Å². The molecule has 5 rings (SSSR count). The minimum atomic E-state index is -0.609. The number of ether oxygens (including phenoxy) is 1. The Hall–Kier alpha value is -3.39. The van der Waals surface area contributed by atoms with Crippen LogP contribution in [-0.4, -0.2) is 47.9 Å². The molecule has 3 heterocycles. The zero-order valence-corrected chi connectivity index (χ0v) is 18.4. The number of hydrogen-bond donors (Lipinski definition) is 3. The molecule has 0 radical (unpaired) electrons. The van der Waals surface area contributed by atoms with Crippen LogP contribution >= 0.6 is 0 Å². The number of rotatable bonds is 6. The number of para-hydroxylation sites is 2. The summed E-state index contributed by atoms with van der Waals surface area (Å²) in [5.74, 6) is 0.000886. The Morgan fingerprint density at radius 1 is 1.00 bits per heavy atom. The maximum absolute atomic E-state index is 13.0. The molecule has 1 unspecified atom stereocenters. The van der Waals surface area contributed by atoms with Crippen LogP contribution in [0.25, 0.3) is 0 Å². The second-order valence-electron chi connectivity index (χ2n) is 8.76. The fourth-order valence-electron chi connectivity index (χ4n) is 4.81. The number of carbonyl (C=O) groups excluding carboxylic acids is 3. The van der Waals surface area contributed by atoms with Gasteiger partial charge in [0.2, 0.25) is 11.8 Å². The van der Waals surface area contributed by atoms with Gasteiger partial charge < -0.3 is 20.3 Å². The van der Waals surface area contributed by atoms with E-state index in [-0.39, 0.29) is 24.3 Å². The van der Waals surface area contributed by atoms with Gasteiger partial charge in [0.1, 0.15) is 17.9 Å². The largest absolute Gasteiger partial charge is 0.488 e. The van der Waals surface area contributed by atoms with Crippen LogP contribution in [0.4, 0.5) is 5.69 Å². The smallest absolute Gasteiger partial charge is 0.255 e. The first kappa shape index (κ1) is 21.5. The summed E-state index contributed by atoms with van der Waals surface area (Å²) >= 11 is 0. The number of piperidine rings is 2. The van der Waals surface area contributed by atoms with Gasteiger partial charge in [-0.25, -0.2) is 0 Å². The lowest BCUT2D eigenvalue weighted by atomic mass is 10.0. The summed E-state index contributed by atoms with van der Waals surface area (Å²) in [4.78, 5) is 38.5. The van der Waals surface area contributed by atoms with Gasteiger partial charge in [-0.15, -0.1) is 0 Å². The lowest BCUT2D eigenvalue weighted by molar-refractivity contribution is -0.136. The molecule has 0 spiro atoms. The molecule has 8 nitrogen and oxygen atoms in total. The third-order valence-electron chi connectivity index (χ3n) is 6.62. The minimum Gasteiger partial charge on any atom is -0.488 e. The molecule has 0 bridgehead atoms. The maximum atomic E-state index is 13.0. The van der Waals surface area contributed by atoms with Crippen molar-refractivity contribution in [1.82, 2.24) is 15.5 Å².